The topological polar surface area (TPSA) is 71.6 Å². The first-order valence-electron chi connectivity index (χ1n) is 5.26. The third kappa shape index (κ3) is 2.48. The molecule has 0 unspecified atom stereocenters. The van der Waals surface area contributed by atoms with Crippen molar-refractivity contribution in [1.29, 1.82) is 0 Å². The summed E-state index contributed by atoms with van der Waals surface area (Å²) in [5, 5.41) is 9.55. The molecule has 0 saturated heterocycles. The van der Waals surface area contributed by atoms with Gasteiger partial charge in [0.15, 0.2) is 0 Å². The minimum Gasteiger partial charge on any atom is -0.497 e. The third-order valence-corrected chi connectivity index (χ3v) is 3.42. The van der Waals surface area contributed by atoms with E-state index in [-0.39, 0.29) is 10.8 Å². The molecular formula is C12H13NO4S. The van der Waals surface area contributed by atoms with Crippen molar-refractivity contribution in [2.75, 3.05) is 14.2 Å². The fourth-order valence-electron chi connectivity index (χ4n) is 1.64. The highest BCUT2D eigenvalue weighted by atomic mass is 32.1. The molecule has 1 aromatic carbocycles. The van der Waals surface area contributed by atoms with Crippen LogP contribution in [0.1, 0.15) is 10.4 Å². The summed E-state index contributed by atoms with van der Waals surface area (Å²) >= 11 is 0.990. The van der Waals surface area contributed by atoms with Crippen LogP contribution < -0.4 is 14.3 Å². The molecule has 0 bridgehead atoms. The van der Waals surface area contributed by atoms with Crippen LogP contribution in [0.5, 0.6) is 17.4 Å². The first-order valence-corrected chi connectivity index (χ1v) is 6.07. The summed E-state index contributed by atoms with van der Waals surface area (Å²) < 4.78 is 10.4. The fraction of sp³-hybridized carbons (Fsp3) is 0.250. The Hall–Kier alpha value is -1.95. The number of ether oxygens (including phenoxy) is 2. The molecule has 1 aromatic heterocycles. The lowest BCUT2D eigenvalue weighted by molar-refractivity contribution is 0.391. The number of aromatic nitrogens is 1. The Balaban J connectivity index is 2.34. The first kappa shape index (κ1) is 12.5. The molecule has 0 fully saturated rings. The number of aromatic amines is 1. The molecule has 0 spiro atoms. The molecule has 2 N–H and O–H groups in total. The number of rotatable bonds is 4. The van der Waals surface area contributed by atoms with E-state index in [1.54, 1.807) is 20.3 Å². The molecule has 0 aliphatic rings. The van der Waals surface area contributed by atoms with Crippen molar-refractivity contribution in [1.82, 2.24) is 4.98 Å². The van der Waals surface area contributed by atoms with Gasteiger partial charge in [0.2, 0.25) is 5.88 Å². The molecule has 0 amide bonds. The molecule has 2 aromatic rings. The van der Waals surface area contributed by atoms with Gasteiger partial charge < -0.3 is 14.6 Å². The van der Waals surface area contributed by atoms with Gasteiger partial charge in [0.1, 0.15) is 11.5 Å². The number of benzene rings is 1. The van der Waals surface area contributed by atoms with E-state index in [9.17, 15) is 9.90 Å². The molecule has 6 heteroatoms. The lowest BCUT2D eigenvalue weighted by Crippen LogP contribution is -1.94. The third-order valence-electron chi connectivity index (χ3n) is 2.55. The molecule has 0 atom stereocenters. The standard InChI is InChI=1S/C12H13NO4S/c1-16-8-4-3-7(9(6-8)17-2)5-10-11(14)13-12(15)18-10/h3-4,6,14H,5H2,1-2H3,(H,13,15). The van der Waals surface area contributed by atoms with Gasteiger partial charge in [-0.1, -0.05) is 17.4 Å². The minimum atomic E-state index is -0.269. The van der Waals surface area contributed by atoms with Gasteiger partial charge in [0, 0.05) is 12.5 Å². The Bertz CT molecular complexity index is 602. The van der Waals surface area contributed by atoms with E-state index in [4.69, 9.17) is 9.47 Å². The number of thiazole rings is 1. The lowest BCUT2D eigenvalue weighted by atomic mass is 10.1. The van der Waals surface area contributed by atoms with E-state index in [0.29, 0.717) is 22.8 Å². The van der Waals surface area contributed by atoms with Gasteiger partial charge in [-0.3, -0.25) is 9.78 Å². The molecule has 18 heavy (non-hydrogen) atoms. The molecule has 0 aliphatic heterocycles. The molecule has 0 saturated carbocycles. The van der Waals surface area contributed by atoms with Gasteiger partial charge in [0.25, 0.3) is 0 Å². The predicted octanol–water partition coefficient (Wildman–Crippen LogP) is 1.75. The number of methoxy groups -OCH3 is 2. The molecule has 1 heterocycles. The van der Waals surface area contributed by atoms with Gasteiger partial charge in [-0.15, -0.1) is 0 Å². The van der Waals surface area contributed by atoms with Crippen molar-refractivity contribution in [3.05, 3.63) is 38.3 Å². The molecule has 0 radical (unpaired) electrons. The number of H-pyrrole nitrogens is 1. The lowest BCUT2D eigenvalue weighted by Gasteiger charge is -2.09. The van der Waals surface area contributed by atoms with Crippen LogP contribution in [0.2, 0.25) is 0 Å². The number of hydrogen-bond acceptors (Lipinski definition) is 5. The summed E-state index contributed by atoms with van der Waals surface area (Å²) in [6.07, 6.45) is 0.433. The SMILES string of the molecule is COc1ccc(Cc2sc(=O)[nH]c2O)c(OC)c1. The van der Waals surface area contributed by atoms with Crippen LogP contribution in [0.4, 0.5) is 0 Å². The average molecular weight is 267 g/mol. The van der Waals surface area contributed by atoms with Crippen LogP contribution in [0.3, 0.4) is 0 Å². The maximum absolute atomic E-state index is 11.1. The smallest absolute Gasteiger partial charge is 0.307 e. The summed E-state index contributed by atoms with van der Waals surface area (Å²) in [6, 6.07) is 5.42. The van der Waals surface area contributed by atoms with Crippen molar-refractivity contribution in [2.24, 2.45) is 0 Å². The zero-order chi connectivity index (χ0) is 13.1. The van der Waals surface area contributed by atoms with Crippen LogP contribution in [0.15, 0.2) is 23.0 Å². The molecule has 0 aliphatic carbocycles. The van der Waals surface area contributed by atoms with Crippen molar-refractivity contribution in [3.8, 4) is 17.4 Å². The maximum Gasteiger partial charge on any atom is 0.307 e. The second kappa shape index (κ2) is 5.14. The zero-order valence-corrected chi connectivity index (χ0v) is 10.8. The van der Waals surface area contributed by atoms with Crippen molar-refractivity contribution < 1.29 is 14.6 Å². The Morgan fingerprint density at radius 3 is 2.67 bits per heavy atom. The first-order chi connectivity index (χ1) is 8.63. The summed E-state index contributed by atoms with van der Waals surface area (Å²) in [5.74, 6) is 1.28. The van der Waals surface area contributed by atoms with Gasteiger partial charge in [0.05, 0.1) is 19.1 Å². The van der Waals surface area contributed by atoms with E-state index in [1.807, 2.05) is 12.1 Å². The maximum atomic E-state index is 11.1. The van der Waals surface area contributed by atoms with E-state index in [2.05, 4.69) is 4.98 Å². The highest BCUT2D eigenvalue weighted by Gasteiger charge is 2.11. The number of nitrogens with one attached hydrogen (secondary N) is 1. The monoisotopic (exact) mass is 267 g/mol. The van der Waals surface area contributed by atoms with Gasteiger partial charge in [-0.25, -0.2) is 0 Å². The summed E-state index contributed by atoms with van der Waals surface area (Å²) in [6.45, 7) is 0. The van der Waals surface area contributed by atoms with Gasteiger partial charge in [-0.05, 0) is 11.6 Å². The molecular weight excluding hydrogens is 254 g/mol. The summed E-state index contributed by atoms with van der Waals surface area (Å²) in [5.41, 5.74) is 0.879. The van der Waals surface area contributed by atoms with E-state index in [0.717, 1.165) is 16.9 Å². The normalized spacial score (nSPS) is 10.3. The summed E-state index contributed by atoms with van der Waals surface area (Å²) in [4.78, 5) is 13.8. The number of hydrogen-bond donors (Lipinski definition) is 2. The van der Waals surface area contributed by atoms with E-state index >= 15 is 0 Å². The summed E-state index contributed by atoms with van der Waals surface area (Å²) in [7, 11) is 3.15. The Kier molecular flexibility index (Phi) is 3.57. The zero-order valence-electron chi connectivity index (χ0n) is 10.0. The van der Waals surface area contributed by atoms with E-state index in [1.165, 1.54) is 0 Å². The second-order valence-electron chi connectivity index (χ2n) is 3.64. The van der Waals surface area contributed by atoms with Crippen molar-refractivity contribution in [2.45, 2.75) is 6.42 Å². The highest BCUT2D eigenvalue weighted by Crippen LogP contribution is 2.29. The van der Waals surface area contributed by atoms with Gasteiger partial charge >= 0.3 is 4.87 Å². The molecule has 2 rings (SSSR count). The molecule has 96 valence electrons. The quantitative estimate of drug-likeness (QED) is 0.885. The van der Waals surface area contributed by atoms with Gasteiger partial charge in [-0.2, -0.15) is 0 Å². The Labute approximate surface area is 108 Å². The van der Waals surface area contributed by atoms with E-state index < -0.39 is 0 Å². The van der Waals surface area contributed by atoms with Crippen LogP contribution in [0, 0.1) is 0 Å². The van der Waals surface area contributed by atoms with Crippen LogP contribution in [0.25, 0.3) is 0 Å². The van der Waals surface area contributed by atoms with Crippen molar-refractivity contribution >= 4 is 11.3 Å². The fourth-order valence-corrected chi connectivity index (χ4v) is 2.39. The largest absolute Gasteiger partial charge is 0.497 e. The van der Waals surface area contributed by atoms with Crippen molar-refractivity contribution in [3.63, 3.8) is 0 Å². The second-order valence-corrected chi connectivity index (χ2v) is 4.71. The predicted molar refractivity (Wildman–Crippen MR) is 69.0 cm³/mol. The Morgan fingerprint density at radius 1 is 1.33 bits per heavy atom. The minimum absolute atomic E-state index is 0.0807. The highest BCUT2D eigenvalue weighted by molar-refractivity contribution is 7.09. The van der Waals surface area contributed by atoms with Crippen LogP contribution in [-0.2, 0) is 6.42 Å². The average Bonchev–Trinajstić information content (AvgIpc) is 2.68. The van der Waals surface area contributed by atoms with Crippen LogP contribution >= 0.6 is 11.3 Å². The Morgan fingerprint density at radius 2 is 2.11 bits per heavy atom. The van der Waals surface area contributed by atoms with Crippen LogP contribution in [-0.4, -0.2) is 24.3 Å². The molecule has 5 nitrogen and oxygen atoms in total. The number of aromatic hydroxyl groups is 1.